The highest BCUT2D eigenvalue weighted by atomic mass is 16.5. The van der Waals surface area contributed by atoms with Gasteiger partial charge in [0.25, 0.3) is 5.91 Å². The number of aryl methyl sites for hydroxylation is 1. The molecule has 0 radical (unpaired) electrons. The highest BCUT2D eigenvalue weighted by Crippen LogP contribution is 2.22. The number of likely N-dealkylation sites (tertiary alicyclic amines) is 1. The van der Waals surface area contributed by atoms with Crippen LogP contribution in [0.15, 0.2) is 6.07 Å². The fourth-order valence-corrected chi connectivity index (χ4v) is 2.61. The highest BCUT2D eigenvalue weighted by Gasteiger charge is 2.41. The van der Waals surface area contributed by atoms with Gasteiger partial charge in [-0.15, -0.1) is 0 Å². The van der Waals surface area contributed by atoms with Crippen molar-refractivity contribution in [2.45, 2.75) is 31.9 Å². The fourth-order valence-electron chi connectivity index (χ4n) is 2.61. The second kappa shape index (κ2) is 7.02. The monoisotopic (exact) mass is 296 g/mol. The van der Waals surface area contributed by atoms with Crippen molar-refractivity contribution < 1.29 is 14.6 Å². The maximum Gasteiger partial charge on any atom is 0.255 e. The van der Waals surface area contributed by atoms with Crippen LogP contribution >= 0.6 is 0 Å². The number of carbonyl (C=O) groups excluding carboxylic acids is 1. The van der Waals surface area contributed by atoms with Crippen molar-refractivity contribution in [2.75, 3.05) is 33.4 Å². The number of aliphatic hydroxyl groups is 1. The molecule has 1 fully saturated rings. The zero-order chi connectivity index (χ0) is 15.3. The molecule has 118 valence electrons. The Balaban J connectivity index is 1.86. The number of aromatic amines is 1. The van der Waals surface area contributed by atoms with Gasteiger partial charge in [0.1, 0.15) is 0 Å². The molecule has 7 heteroatoms. The molecular formula is C14H24N4O3. The molecule has 1 aliphatic rings. The van der Waals surface area contributed by atoms with Crippen LogP contribution in [0.5, 0.6) is 0 Å². The van der Waals surface area contributed by atoms with E-state index in [1.807, 2.05) is 13.0 Å². The number of hydrogen-bond acceptors (Lipinski definition) is 5. The van der Waals surface area contributed by atoms with E-state index in [9.17, 15) is 9.90 Å². The molecule has 2 rings (SSSR count). The van der Waals surface area contributed by atoms with E-state index in [4.69, 9.17) is 4.74 Å². The Bertz CT molecular complexity index is 477. The number of H-pyrrole nitrogens is 1. The van der Waals surface area contributed by atoms with Gasteiger partial charge in [0, 0.05) is 39.0 Å². The third kappa shape index (κ3) is 4.03. The average Bonchev–Trinajstić information content (AvgIpc) is 2.86. The van der Waals surface area contributed by atoms with Crippen LogP contribution in [0, 0.1) is 6.92 Å². The Morgan fingerprint density at radius 1 is 1.62 bits per heavy atom. The molecule has 0 aromatic carbocycles. The zero-order valence-electron chi connectivity index (χ0n) is 12.7. The summed E-state index contributed by atoms with van der Waals surface area (Å²) in [6.45, 7) is 4.39. The first-order valence-electron chi connectivity index (χ1n) is 7.27. The lowest BCUT2D eigenvalue weighted by atomic mass is 9.91. The number of hydrogen-bond donors (Lipinski definition) is 3. The Morgan fingerprint density at radius 2 is 2.43 bits per heavy atom. The van der Waals surface area contributed by atoms with Gasteiger partial charge in [0.2, 0.25) is 0 Å². The molecule has 0 saturated carbocycles. The molecule has 1 saturated heterocycles. The van der Waals surface area contributed by atoms with Gasteiger partial charge in [0.05, 0.1) is 12.3 Å². The summed E-state index contributed by atoms with van der Waals surface area (Å²) in [4.78, 5) is 14.0. The molecule has 0 spiro atoms. The fraction of sp³-hybridized carbons (Fsp3) is 0.714. The van der Waals surface area contributed by atoms with Gasteiger partial charge >= 0.3 is 0 Å². The smallest absolute Gasteiger partial charge is 0.255 e. The molecule has 1 atom stereocenters. The molecule has 7 nitrogen and oxygen atoms in total. The van der Waals surface area contributed by atoms with E-state index in [0.717, 1.165) is 17.8 Å². The number of ether oxygens (including phenoxy) is 1. The molecule has 0 bridgehead atoms. The van der Waals surface area contributed by atoms with E-state index in [1.54, 1.807) is 12.0 Å². The first kappa shape index (κ1) is 15.9. The van der Waals surface area contributed by atoms with Crippen molar-refractivity contribution in [3.05, 3.63) is 17.5 Å². The molecule has 1 aliphatic heterocycles. The van der Waals surface area contributed by atoms with Crippen LogP contribution in [0.4, 0.5) is 0 Å². The summed E-state index contributed by atoms with van der Waals surface area (Å²) in [7, 11) is 1.61. The minimum Gasteiger partial charge on any atom is -0.383 e. The SMILES string of the molecule is COCCN1CCCC(O)(CNCc2cc(C)[nH]n2)C1=O. The maximum atomic E-state index is 12.4. The number of methoxy groups -OCH3 is 1. The summed E-state index contributed by atoms with van der Waals surface area (Å²) in [5.41, 5.74) is 0.540. The molecule has 1 amide bonds. The maximum absolute atomic E-state index is 12.4. The van der Waals surface area contributed by atoms with Crippen LogP contribution in [-0.4, -0.2) is 65.1 Å². The van der Waals surface area contributed by atoms with E-state index in [2.05, 4.69) is 15.5 Å². The van der Waals surface area contributed by atoms with Gasteiger partial charge in [-0.2, -0.15) is 5.10 Å². The summed E-state index contributed by atoms with van der Waals surface area (Å²) in [5, 5.41) is 20.7. The van der Waals surface area contributed by atoms with Crippen LogP contribution in [0.25, 0.3) is 0 Å². The molecule has 3 N–H and O–H groups in total. The standard InChI is InChI=1S/C14H24N4O3/c1-11-8-12(17-16-11)9-15-10-14(20)4-3-5-18(13(14)19)6-7-21-2/h8,15,20H,3-7,9-10H2,1-2H3,(H,16,17). The van der Waals surface area contributed by atoms with Crippen molar-refractivity contribution in [1.82, 2.24) is 20.4 Å². The second-order valence-electron chi connectivity index (χ2n) is 5.57. The van der Waals surface area contributed by atoms with Crippen LogP contribution < -0.4 is 5.32 Å². The molecule has 0 aliphatic carbocycles. The minimum absolute atomic E-state index is 0.212. The predicted octanol–water partition coefficient (Wildman–Crippen LogP) is -0.192. The van der Waals surface area contributed by atoms with Crippen molar-refractivity contribution in [2.24, 2.45) is 0 Å². The van der Waals surface area contributed by atoms with Gasteiger partial charge in [-0.25, -0.2) is 0 Å². The number of carbonyl (C=O) groups is 1. The lowest BCUT2D eigenvalue weighted by Crippen LogP contribution is -2.58. The van der Waals surface area contributed by atoms with E-state index in [1.165, 1.54) is 0 Å². The van der Waals surface area contributed by atoms with Gasteiger partial charge in [-0.05, 0) is 25.8 Å². The summed E-state index contributed by atoms with van der Waals surface area (Å²) >= 11 is 0. The molecule has 1 unspecified atom stereocenters. The Hall–Kier alpha value is -1.44. The van der Waals surface area contributed by atoms with E-state index >= 15 is 0 Å². The Labute approximate surface area is 124 Å². The normalized spacial score (nSPS) is 22.8. The molecule has 2 heterocycles. The second-order valence-corrected chi connectivity index (χ2v) is 5.57. The largest absolute Gasteiger partial charge is 0.383 e. The number of amides is 1. The quantitative estimate of drug-likeness (QED) is 0.649. The zero-order valence-corrected chi connectivity index (χ0v) is 12.7. The van der Waals surface area contributed by atoms with Crippen molar-refractivity contribution in [3.63, 3.8) is 0 Å². The number of rotatable bonds is 7. The Morgan fingerprint density at radius 3 is 3.10 bits per heavy atom. The van der Waals surface area contributed by atoms with Crippen molar-refractivity contribution in [1.29, 1.82) is 0 Å². The average molecular weight is 296 g/mol. The van der Waals surface area contributed by atoms with Crippen molar-refractivity contribution in [3.8, 4) is 0 Å². The van der Waals surface area contributed by atoms with Crippen LogP contribution in [0.3, 0.4) is 0 Å². The minimum atomic E-state index is -1.32. The van der Waals surface area contributed by atoms with E-state index in [0.29, 0.717) is 32.7 Å². The van der Waals surface area contributed by atoms with E-state index < -0.39 is 5.60 Å². The number of nitrogens with zero attached hydrogens (tertiary/aromatic N) is 2. The highest BCUT2D eigenvalue weighted by molar-refractivity contribution is 5.86. The molecule has 21 heavy (non-hydrogen) atoms. The Kier molecular flexibility index (Phi) is 5.33. The van der Waals surface area contributed by atoms with Gasteiger partial charge in [0.15, 0.2) is 5.60 Å². The first-order valence-corrected chi connectivity index (χ1v) is 7.27. The van der Waals surface area contributed by atoms with Gasteiger partial charge in [-0.1, -0.05) is 0 Å². The number of nitrogens with one attached hydrogen (secondary N) is 2. The number of aromatic nitrogens is 2. The molecular weight excluding hydrogens is 272 g/mol. The third-order valence-corrected chi connectivity index (χ3v) is 3.75. The first-order chi connectivity index (χ1) is 10.0. The topological polar surface area (TPSA) is 90.5 Å². The summed E-state index contributed by atoms with van der Waals surface area (Å²) < 4.78 is 5.00. The number of piperidine rings is 1. The van der Waals surface area contributed by atoms with Crippen LogP contribution in [0.2, 0.25) is 0 Å². The molecule has 1 aromatic rings. The molecule has 1 aromatic heterocycles. The van der Waals surface area contributed by atoms with Gasteiger partial charge < -0.3 is 20.1 Å². The lowest BCUT2D eigenvalue weighted by Gasteiger charge is -2.38. The lowest BCUT2D eigenvalue weighted by molar-refractivity contribution is -0.157. The predicted molar refractivity (Wildman–Crippen MR) is 77.7 cm³/mol. The van der Waals surface area contributed by atoms with Crippen molar-refractivity contribution >= 4 is 5.91 Å². The van der Waals surface area contributed by atoms with Gasteiger partial charge in [-0.3, -0.25) is 9.89 Å². The summed E-state index contributed by atoms with van der Waals surface area (Å²) in [6, 6.07) is 1.94. The van der Waals surface area contributed by atoms with E-state index in [-0.39, 0.29) is 12.5 Å². The summed E-state index contributed by atoms with van der Waals surface area (Å²) in [6.07, 6.45) is 1.29. The van der Waals surface area contributed by atoms with Crippen LogP contribution in [-0.2, 0) is 16.1 Å². The van der Waals surface area contributed by atoms with Crippen LogP contribution in [0.1, 0.15) is 24.2 Å². The summed E-state index contributed by atoms with van der Waals surface area (Å²) in [5.74, 6) is -0.212. The third-order valence-electron chi connectivity index (χ3n) is 3.75.